The summed E-state index contributed by atoms with van der Waals surface area (Å²) in [6, 6.07) is 8.32. The summed E-state index contributed by atoms with van der Waals surface area (Å²) in [5.41, 5.74) is 0.762. The zero-order chi connectivity index (χ0) is 17.0. The minimum absolute atomic E-state index is 0.216. The third kappa shape index (κ3) is 4.61. The van der Waals surface area contributed by atoms with Gasteiger partial charge in [0.05, 0.1) is 7.11 Å². The molecule has 1 aliphatic rings. The van der Waals surface area contributed by atoms with Crippen LogP contribution in [0.3, 0.4) is 0 Å². The molecule has 1 heterocycles. The van der Waals surface area contributed by atoms with Gasteiger partial charge in [0.15, 0.2) is 0 Å². The van der Waals surface area contributed by atoms with Gasteiger partial charge in [0.2, 0.25) is 0 Å². The number of benzene rings is 1. The number of hydrogen-bond acceptors (Lipinski definition) is 4. The monoisotopic (exact) mass is 320 g/mol. The van der Waals surface area contributed by atoms with Crippen LogP contribution in [0.15, 0.2) is 24.3 Å². The summed E-state index contributed by atoms with van der Waals surface area (Å²) in [5.74, 6) is 1.23. The van der Waals surface area contributed by atoms with Crippen LogP contribution in [0.25, 0.3) is 0 Å². The molecule has 1 aliphatic heterocycles. The van der Waals surface area contributed by atoms with E-state index in [0.717, 1.165) is 18.7 Å². The number of methoxy groups -OCH3 is 1. The Bertz CT molecular complexity index is 522. The molecule has 0 aromatic heterocycles. The van der Waals surface area contributed by atoms with E-state index < -0.39 is 5.60 Å². The molecule has 2 rings (SSSR count). The van der Waals surface area contributed by atoms with E-state index in [1.54, 1.807) is 7.11 Å². The number of amides is 1. The van der Waals surface area contributed by atoms with Crippen molar-refractivity contribution in [1.29, 1.82) is 0 Å². The van der Waals surface area contributed by atoms with Gasteiger partial charge < -0.3 is 19.7 Å². The highest BCUT2D eigenvalue weighted by Crippen LogP contribution is 2.31. The highest BCUT2D eigenvalue weighted by molar-refractivity contribution is 5.68. The van der Waals surface area contributed by atoms with Crippen molar-refractivity contribution in [2.75, 3.05) is 27.2 Å². The molecule has 1 fully saturated rings. The lowest BCUT2D eigenvalue weighted by atomic mass is 9.92. The first kappa shape index (κ1) is 17.6. The van der Waals surface area contributed by atoms with E-state index in [1.165, 1.54) is 5.56 Å². The minimum atomic E-state index is -0.451. The van der Waals surface area contributed by atoms with Gasteiger partial charge in [0.25, 0.3) is 0 Å². The van der Waals surface area contributed by atoms with Crippen molar-refractivity contribution < 1.29 is 14.3 Å². The second-order valence-electron chi connectivity index (χ2n) is 7.01. The number of likely N-dealkylation sites (tertiary alicyclic amines) is 1. The first-order valence-electron chi connectivity index (χ1n) is 8.13. The van der Waals surface area contributed by atoms with Gasteiger partial charge in [0.1, 0.15) is 11.4 Å². The van der Waals surface area contributed by atoms with E-state index in [9.17, 15) is 4.79 Å². The predicted octanol–water partition coefficient (Wildman–Crippen LogP) is 3.21. The summed E-state index contributed by atoms with van der Waals surface area (Å²) in [6.07, 6.45) is 0.751. The molecule has 1 amide bonds. The molecule has 0 radical (unpaired) electrons. The molecular weight excluding hydrogens is 292 g/mol. The van der Waals surface area contributed by atoms with E-state index in [0.29, 0.717) is 12.5 Å². The number of rotatable bonds is 4. The number of ether oxygens (including phenoxy) is 2. The molecule has 2 atom stereocenters. The molecule has 1 N–H and O–H groups in total. The highest BCUT2D eigenvalue weighted by atomic mass is 16.6. The Balaban J connectivity index is 2.01. The standard InChI is InChI=1S/C18H28N2O3/c1-18(2,3)23-17(21)20-11-10-14(12-20)16(19-4)13-6-8-15(22-5)9-7-13/h6-9,14,16,19H,10-12H2,1-5H3. The number of nitrogens with one attached hydrogen (secondary N) is 1. The normalized spacial score (nSPS) is 19.5. The maximum atomic E-state index is 12.2. The second-order valence-corrected chi connectivity index (χ2v) is 7.01. The maximum absolute atomic E-state index is 12.2. The smallest absolute Gasteiger partial charge is 0.410 e. The van der Waals surface area contributed by atoms with Crippen LogP contribution < -0.4 is 10.1 Å². The molecule has 128 valence electrons. The summed E-state index contributed by atoms with van der Waals surface area (Å²) >= 11 is 0. The van der Waals surface area contributed by atoms with E-state index >= 15 is 0 Å². The molecule has 0 saturated carbocycles. The minimum Gasteiger partial charge on any atom is -0.497 e. The molecule has 1 aromatic carbocycles. The molecule has 2 unspecified atom stereocenters. The Morgan fingerprint density at radius 2 is 1.96 bits per heavy atom. The quantitative estimate of drug-likeness (QED) is 0.925. The van der Waals surface area contributed by atoms with E-state index in [1.807, 2.05) is 44.9 Å². The summed E-state index contributed by atoms with van der Waals surface area (Å²) < 4.78 is 10.7. The van der Waals surface area contributed by atoms with Gasteiger partial charge in [-0.25, -0.2) is 4.79 Å². The van der Waals surface area contributed by atoms with Gasteiger partial charge in [-0.2, -0.15) is 0 Å². The molecule has 23 heavy (non-hydrogen) atoms. The number of hydrogen-bond donors (Lipinski definition) is 1. The molecule has 0 aliphatic carbocycles. The fourth-order valence-corrected chi connectivity index (χ4v) is 3.04. The summed E-state index contributed by atoms with van der Waals surface area (Å²) in [7, 11) is 3.63. The summed E-state index contributed by atoms with van der Waals surface area (Å²) in [6.45, 7) is 7.14. The number of carbonyl (C=O) groups excluding carboxylic acids is 1. The lowest BCUT2D eigenvalue weighted by Gasteiger charge is -2.26. The van der Waals surface area contributed by atoms with Gasteiger partial charge in [-0.1, -0.05) is 12.1 Å². The van der Waals surface area contributed by atoms with Crippen molar-refractivity contribution in [3.63, 3.8) is 0 Å². The van der Waals surface area contributed by atoms with E-state index in [-0.39, 0.29) is 12.1 Å². The van der Waals surface area contributed by atoms with Crippen LogP contribution in [-0.4, -0.2) is 43.8 Å². The van der Waals surface area contributed by atoms with Crippen LogP contribution in [0.4, 0.5) is 4.79 Å². The molecule has 5 heteroatoms. The maximum Gasteiger partial charge on any atom is 0.410 e. The van der Waals surface area contributed by atoms with Crippen molar-refractivity contribution in [2.45, 2.75) is 38.8 Å². The van der Waals surface area contributed by atoms with Gasteiger partial charge in [-0.3, -0.25) is 0 Å². The van der Waals surface area contributed by atoms with Crippen molar-refractivity contribution in [1.82, 2.24) is 10.2 Å². The SMILES string of the molecule is CNC(c1ccc(OC)cc1)C1CCN(C(=O)OC(C)(C)C)C1. The van der Waals surface area contributed by atoms with Crippen molar-refractivity contribution in [2.24, 2.45) is 5.92 Å². The number of nitrogens with zero attached hydrogens (tertiary/aromatic N) is 1. The predicted molar refractivity (Wildman–Crippen MR) is 90.7 cm³/mol. The van der Waals surface area contributed by atoms with Crippen molar-refractivity contribution in [3.8, 4) is 5.75 Å². The third-order valence-electron chi connectivity index (χ3n) is 4.13. The molecular formula is C18H28N2O3. The largest absolute Gasteiger partial charge is 0.497 e. The lowest BCUT2D eigenvalue weighted by molar-refractivity contribution is 0.0285. The van der Waals surface area contributed by atoms with Crippen LogP contribution in [0, 0.1) is 5.92 Å². The van der Waals surface area contributed by atoms with E-state index in [2.05, 4.69) is 17.4 Å². The first-order chi connectivity index (χ1) is 10.8. The number of carbonyl (C=O) groups is 1. The van der Waals surface area contributed by atoms with Crippen LogP contribution in [0.5, 0.6) is 5.75 Å². The first-order valence-corrected chi connectivity index (χ1v) is 8.13. The summed E-state index contributed by atoms with van der Waals surface area (Å²) in [5, 5.41) is 3.39. The lowest BCUT2D eigenvalue weighted by Crippen LogP contribution is -2.36. The average Bonchev–Trinajstić information content (AvgIpc) is 2.97. The molecule has 1 saturated heterocycles. The van der Waals surface area contributed by atoms with Crippen LogP contribution in [0.2, 0.25) is 0 Å². The van der Waals surface area contributed by atoms with E-state index in [4.69, 9.17) is 9.47 Å². The Morgan fingerprint density at radius 1 is 1.30 bits per heavy atom. The zero-order valence-electron chi connectivity index (χ0n) is 14.8. The fourth-order valence-electron chi connectivity index (χ4n) is 3.04. The van der Waals surface area contributed by atoms with Gasteiger partial charge in [-0.05, 0) is 57.9 Å². The Kier molecular flexibility index (Phi) is 5.52. The van der Waals surface area contributed by atoms with Crippen molar-refractivity contribution >= 4 is 6.09 Å². The second kappa shape index (κ2) is 7.21. The highest BCUT2D eigenvalue weighted by Gasteiger charge is 2.34. The third-order valence-corrected chi connectivity index (χ3v) is 4.13. The van der Waals surface area contributed by atoms with Crippen molar-refractivity contribution in [3.05, 3.63) is 29.8 Å². The van der Waals surface area contributed by atoms with Gasteiger partial charge >= 0.3 is 6.09 Å². The molecule has 1 aromatic rings. The Labute approximate surface area is 139 Å². The van der Waals surface area contributed by atoms with Crippen LogP contribution in [-0.2, 0) is 4.74 Å². The molecule has 5 nitrogen and oxygen atoms in total. The van der Waals surface area contributed by atoms with Crippen LogP contribution >= 0.6 is 0 Å². The van der Waals surface area contributed by atoms with Gasteiger partial charge in [-0.15, -0.1) is 0 Å². The van der Waals surface area contributed by atoms with Gasteiger partial charge in [0, 0.05) is 19.1 Å². The molecule has 0 bridgehead atoms. The van der Waals surface area contributed by atoms with Crippen LogP contribution in [0.1, 0.15) is 38.8 Å². The fraction of sp³-hybridized carbons (Fsp3) is 0.611. The Hall–Kier alpha value is -1.75. The topological polar surface area (TPSA) is 50.8 Å². The zero-order valence-corrected chi connectivity index (χ0v) is 14.8. The molecule has 0 spiro atoms. The summed E-state index contributed by atoms with van der Waals surface area (Å²) in [4.78, 5) is 14.0. The Morgan fingerprint density at radius 3 is 2.48 bits per heavy atom. The average molecular weight is 320 g/mol.